The Bertz CT molecular complexity index is 516. The van der Waals surface area contributed by atoms with Gasteiger partial charge in [-0.2, -0.15) is 0 Å². The molecule has 7 atom stereocenters. The van der Waals surface area contributed by atoms with E-state index >= 15 is 0 Å². The van der Waals surface area contributed by atoms with Crippen molar-refractivity contribution in [1.29, 1.82) is 0 Å². The Morgan fingerprint density at radius 3 is 2.64 bits per heavy atom. The van der Waals surface area contributed by atoms with Crippen molar-refractivity contribution in [3.05, 3.63) is 11.6 Å². The molecule has 22 heavy (non-hydrogen) atoms. The molecule has 3 fully saturated rings. The Labute approximate surface area is 136 Å². The van der Waals surface area contributed by atoms with Crippen LogP contribution in [0.2, 0.25) is 0 Å². The lowest BCUT2D eigenvalue weighted by Crippen LogP contribution is -2.57. The average molecular weight is 303 g/mol. The summed E-state index contributed by atoms with van der Waals surface area (Å²) in [5.41, 5.74) is 1.87. The van der Waals surface area contributed by atoms with Crippen LogP contribution in [0.25, 0.3) is 0 Å². The van der Waals surface area contributed by atoms with Crippen LogP contribution >= 0.6 is 0 Å². The van der Waals surface area contributed by atoms with Gasteiger partial charge in [0.2, 0.25) is 0 Å². The highest BCUT2D eigenvalue weighted by Gasteiger charge is 2.73. The molecule has 0 amide bonds. The van der Waals surface area contributed by atoms with Crippen LogP contribution in [0.1, 0.15) is 73.1 Å². The summed E-state index contributed by atoms with van der Waals surface area (Å²) >= 11 is 0. The maximum absolute atomic E-state index is 11.6. The van der Waals surface area contributed by atoms with Gasteiger partial charge in [-0.1, -0.05) is 39.3 Å². The molecule has 0 spiro atoms. The number of fused-ring (bicyclic) bond motifs is 4. The van der Waals surface area contributed by atoms with E-state index in [1.54, 1.807) is 5.57 Å². The normalized spacial score (nSPS) is 56.8. The van der Waals surface area contributed by atoms with Gasteiger partial charge in [0.25, 0.3) is 0 Å². The monoisotopic (exact) mass is 302 g/mol. The molecule has 5 unspecified atom stereocenters. The van der Waals surface area contributed by atoms with Gasteiger partial charge in [-0.15, -0.1) is 0 Å². The largest absolute Gasteiger partial charge is 0.389 e. The van der Waals surface area contributed by atoms with Crippen molar-refractivity contribution in [2.45, 2.75) is 78.7 Å². The standard InChI is InChI=1S/C21H34O/c1-13(2)21-12-16(21)11-18-17(20(21,5)22)7-6-15-10-14(3)8-9-19(15,18)4/h6,13-14,16-18,22H,7-12H2,1-5H3/t14-,16?,17?,18?,19?,20-,21?/m0/s1. The van der Waals surface area contributed by atoms with E-state index in [4.69, 9.17) is 0 Å². The fourth-order valence-corrected chi connectivity index (χ4v) is 7.29. The highest BCUT2D eigenvalue weighted by Crippen LogP contribution is 2.75. The summed E-state index contributed by atoms with van der Waals surface area (Å²) in [7, 11) is 0. The first-order valence-corrected chi connectivity index (χ1v) is 9.65. The molecule has 0 bridgehead atoms. The van der Waals surface area contributed by atoms with Crippen LogP contribution in [0.4, 0.5) is 0 Å². The average Bonchev–Trinajstić information content (AvgIpc) is 3.17. The van der Waals surface area contributed by atoms with Gasteiger partial charge in [0.1, 0.15) is 0 Å². The molecule has 1 N–H and O–H groups in total. The van der Waals surface area contributed by atoms with E-state index in [1.165, 1.54) is 32.1 Å². The fourth-order valence-electron chi connectivity index (χ4n) is 7.29. The molecule has 3 saturated carbocycles. The topological polar surface area (TPSA) is 20.2 Å². The highest BCUT2D eigenvalue weighted by atomic mass is 16.3. The summed E-state index contributed by atoms with van der Waals surface area (Å²) in [4.78, 5) is 0. The Kier molecular flexibility index (Phi) is 3.05. The van der Waals surface area contributed by atoms with Crippen LogP contribution in [-0.4, -0.2) is 10.7 Å². The van der Waals surface area contributed by atoms with Gasteiger partial charge in [-0.05, 0) is 80.5 Å². The van der Waals surface area contributed by atoms with Crippen molar-refractivity contribution in [3.63, 3.8) is 0 Å². The minimum atomic E-state index is -0.469. The van der Waals surface area contributed by atoms with Crippen molar-refractivity contribution in [2.75, 3.05) is 0 Å². The molecular formula is C21H34O. The SMILES string of the molecule is CC(C)C12CC1CC1C(CC=C3C[C@@H](C)CCC31C)[C@]2(C)O. The zero-order valence-electron chi connectivity index (χ0n) is 15.2. The third-order valence-electron chi connectivity index (χ3n) is 8.77. The quantitative estimate of drug-likeness (QED) is 0.661. The predicted molar refractivity (Wildman–Crippen MR) is 91.4 cm³/mol. The second kappa shape index (κ2) is 4.41. The van der Waals surface area contributed by atoms with E-state index < -0.39 is 5.60 Å². The highest BCUT2D eigenvalue weighted by molar-refractivity contribution is 5.30. The first kappa shape index (κ1) is 15.2. The molecule has 1 heteroatoms. The second-order valence-corrected chi connectivity index (χ2v) is 9.92. The molecule has 4 aliphatic carbocycles. The van der Waals surface area contributed by atoms with Gasteiger partial charge in [0.05, 0.1) is 5.60 Å². The summed E-state index contributed by atoms with van der Waals surface area (Å²) in [6, 6.07) is 0. The van der Waals surface area contributed by atoms with E-state index in [0.29, 0.717) is 17.3 Å². The maximum atomic E-state index is 11.6. The number of aliphatic hydroxyl groups is 1. The van der Waals surface area contributed by atoms with E-state index in [9.17, 15) is 5.11 Å². The molecule has 0 heterocycles. The van der Waals surface area contributed by atoms with Crippen LogP contribution < -0.4 is 0 Å². The number of allylic oxidation sites excluding steroid dienone is 2. The molecule has 0 saturated heterocycles. The van der Waals surface area contributed by atoms with Crippen LogP contribution in [0.3, 0.4) is 0 Å². The van der Waals surface area contributed by atoms with Gasteiger partial charge in [-0.3, -0.25) is 0 Å². The van der Waals surface area contributed by atoms with Gasteiger partial charge in [-0.25, -0.2) is 0 Å². The summed E-state index contributed by atoms with van der Waals surface area (Å²) in [5, 5.41) is 11.6. The van der Waals surface area contributed by atoms with Crippen LogP contribution in [-0.2, 0) is 0 Å². The lowest BCUT2D eigenvalue weighted by atomic mass is 9.48. The van der Waals surface area contributed by atoms with E-state index in [1.807, 2.05) is 0 Å². The smallest absolute Gasteiger partial charge is 0.0714 e. The predicted octanol–water partition coefficient (Wildman–Crippen LogP) is 5.19. The first-order valence-electron chi connectivity index (χ1n) is 9.65. The molecular weight excluding hydrogens is 268 g/mol. The molecule has 0 aromatic heterocycles. The van der Waals surface area contributed by atoms with Gasteiger partial charge in [0, 0.05) is 5.41 Å². The molecule has 4 rings (SSSR count). The third-order valence-corrected chi connectivity index (χ3v) is 8.77. The molecule has 0 aliphatic heterocycles. The van der Waals surface area contributed by atoms with Crippen molar-refractivity contribution < 1.29 is 5.11 Å². The van der Waals surface area contributed by atoms with E-state index in [0.717, 1.165) is 24.2 Å². The van der Waals surface area contributed by atoms with Crippen LogP contribution in [0.5, 0.6) is 0 Å². The van der Waals surface area contributed by atoms with E-state index in [-0.39, 0.29) is 5.41 Å². The van der Waals surface area contributed by atoms with Gasteiger partial charge < -0.3 is 5.11 Å². The number of rotatable bonds is 1. The van der Waals surface area contributed by atoms with Crippen molar-refractivity contribution in [1.82, 2.24) is 0 Å². The molecule has 124 valence electrons. The van der Waals surface area contributed by atoms with Crippen LogP contribution in [0, 0.1) is 40.4 Å². The second-order valence-electron chi connectivity index (χ2n) is 9.92. The Balaban J connectivity index is 1.73. The zero-order valence-corrected chi connectivity index (χ0v) is 15.2. The van der Waals surface area contributed by atoms with Crippen molar-refractivity contribution >= 4 is 0 Å². The summed E-state index contributed by atoms with van der Waals surface area (Å²) < 4.78 is 0. The fraction of sp³-hybridized carbons (Fsp3) is 0.905. The maximum Gasteiger partial charge on any atom is 0.0714 e. The molecule has 0 aromatic rings. The molecule has 4 aliphatic rings. The van der Waals surface area contributed by atoms with Crippen molar-refractivity contribution in [3.8, 4) is 0 Å². The van der Waals surface area contributed by atoms with Gasteiger partial charge >= 0.3 is 0 Å². The minimum Gasteiger partial charge on any atom is -0.389 e. The minimum absolute atomic E-state index is 0.220. The molecule has 1 nitrogen and oxygen atoms in total. The molecule has 0 radical (unpaired) electrons. The van der Waals surface area contributed by atoms with E-state index in [2.05, 4.69) is 40.7 Å². The summed E-state index contributed by atoms with van der Waals surface area (Å²) in [5.74, 6) is 3.44. The van der Waals surface area contributed by atoms with Crippen molar-refractivity contribution in [2.24, 2.45) is 40.4 Å². The zero-order chi connectivity index (χ0) is 15.9. The lowest BCUT2D eigenvalue weighted by molar-refractivity contribution is -0.153. The summed E-state index contributed by atoms with van der Waals surface area (Å²) in [6.45, 7) is 11.8. The number of hydrogen-bond acceptors (Lipinski definition) is 1. The number of hydrogen-bond donors (Lipinski definition) is 1. The summed E-state index contributed by atoms with van der Waals surface area (Å²) in [6.07, 6.45) is 10.3. The third kappa shape index (κ3) is 1.65. The Morgan fingerprint density at radius 2 is 1.95 bits per heavy atom. The Morgan fingerprint density at radius 1 is 1.23 bits per heavy atom. The molecule has 0 aromatic carbocycles. The van der Waals surface area contributed by atoms with Crippen LogP contribution in [0.15, 0.2) is 11.6 Å². The lowest BCUT2D eigenvalue weighted by Gasteiger charge is -2.59. The first-order chi connectivity index (χ1) is 10.2. The van der Waals surface area contributed by atoms with Gasteiger partial charge in [0.15, 0.2) is 0 Å². The Hall–Kier alpha value is -0.300.